The lowest BCUT2D eigenvalue weighted by molar-refractivity contribution is 0.0938. The Hall–Kier alpha value is -2.34. The highest BCUT2D eigenvalue weighted by Crippen LogP contribution is 2.40. The number of amides is 2. The number of nitrogens with zero attached hydrogens (tertiary/aromatic N) is 2. The molecule has 1 N–H and O–H groups in total. The molecular formula is C20H23N3O2S. The number of rotatable bonds is 5. The van der Waals surface area contributed by atoms with E-state index in [2.05, 4.69) is 10.3 Å². The van der Waals surface area contributed by atoms with E-state index >= 15 is 0 Å². The van der Waals surface area contributed by atoms with E-state index < -0.39 is 0 Å². The number of hydrogen-bond donors (Lipinski definition) is 1. The lowest BCUT2D eigenvalue weighted by Crippen LogP contribution is -2.33. The maximum atomic E-state index is 13.0. The van der Waals surface area contributed by atoms with Gasteiger partial charge >= 0.3 is 0 Å². The van der Waals surface area contributed by atoms with Crippen LogP contribution in [-0.2, 0) is 0 Å². The van der Waals surface area contributed by atoms with Crippen molar-refractivity contribution in [1.82, 2.24) is 10.3 Å². The molecule has 0 spiro atoms. The van der Waals surface area contributed by atoms with E-state index in [-0.39, 0.29) is 17.9 Å². The van der Waals surface area contributed by atoms with E-state index in [9.17, 15) is 9.59 Å². The average molecular weight is 369 g/mol. The zero-order valence-electron chi connectivity index (χ0n) is 15.3. The summed E-state index contributed by atoms with van der Waals surface area (Å²) in [5.74, 6) is -0.139. The molecule has 1 aromatic carbocycles. The molecule has 0 aliphatic carbocycles. The van der Waals surface area contributed by atoms with Gasteiger partial charge < -0.3 is 10.2 Å². The first-order valence-electron chi connectivity index (χ1n) is 8.94. The van der Waals surface area contributed by atoms with Crippen LogP contribution in [-0.4, -0.2) is 29.4 Å². The molecule has 5 nitrogen and oxygen atoms in total. The lowest BCUT2D eigenvalue weighted by Gasteiger charge is -2.22. The van der Waals surface area contributed by atoms with Crippen LogP contribution in [0, 0.1) is 0 Å². The Morgan fingerprint density at radius 2 is 2.12 bits per heavy atom. The van der Waals surface area contributed by atoms with Crippen LogP contribution >= 0.6 is 11.8 Å². The molecule has 3 rings (SSSR count). The third kappa shape index (κ3) is 3.60. The second-order valence-electron chi connectivity index (χ2n) is 6.38. The number of carbonyl (C=O) groups excluding carboxylic acids is 2. The van der Waals surface area contributed by atoms with Crippen molar-refractivity contribution in [3.05, 3.63) is 47.7 Å². The van der Waals surface area contributed by atoms with Crippen LogP contribution in [0.2, 0.25) is 0 Å². The Labute approximate surface area is 158 Å². The monoisotopic (exact) mass is 369 g/mol. The summed E-state index contributed by atoms with van der Waals surface area (Å²) < 4.78 is 0. The van der Waals surface area contributed by atoms with Crippen molar-refractivity contribution in [3.8, 4) is 0 Å². The van der Waals surface area contributed by atoms with Crippen LogP contribution in [0.4, 0.5) is 5.69 Å². The van der Waals surface area contributed by atoms with Gasteiger partial charge in [0.15, 0.2) is 0 Å². The van der Waals surface area contributed by atoms with E-state index in [1.165, 1.54) is 11.8 Å². The van der Waals surface area contributed by atoms with E-state index in [1.54, 1.807) is 23.2 Å². The number of hydrogen-bond acceptors (Lipinski definition) is 4. The van der Waals surface area contributed by atoms with Gasteiger partial charge in [0.25, 0.3) is 11.8 Å². The summed E-state index contributed by atoms with van der Waals surface area (Å²) in [7, 11) is 0. The Morgan fingerprint density at radius 3 is 2.85 bits per heavy atom. The number of fused-ring (bicyclic) bond motifs is 2. The summed E-state index contributed by atoms with van der Waals surface area (Å²) >= 11 is 1.44. The van der Waals surface area contributed by atoms with Crippen molar-refractivity contribution in [1.29, 1.82) is 0 Å². The number of nitrogens with one attached hydrogen (secondary N) is 1. The van der Waals surface area contributed by atoms with Gasteiger partial charge in [-0.1, -0.05) is 25.6 Å². The van der Waals surface area contributed by atoms with E-state index in [0.29, 0.717) is 22.7 Å². The number of carbonyl (C=O) groups is 2. The molecule has 2 amide bonds. The molecule has 0 bridgehead atoms. The molecule has 2 aromatic rings. The van der Waals surface area contributed by atoms with Gasteiger partial charge in [0, 0.05) is 29.2 Å². The number of pyridine rings is 1. The molecule has 1 aliphatic rings. The summed E-state index contributed by atoms with van der Waals surface area (Å²) in [5, 5.41) is 3.67. The van der Waals surface area contributed by atoms with Gasteiger partial charge in [0.2, 0.25) is 0 Å². The summed E-state index contributed by atoms with van der Waals surface area (Å²) in [6.07, 6.45) is 3.41. The molecule has 1 aromatic heterocycles. The zero-order chi connectivity index (χ0) is 18.7. The van der Waals surface area contributed by atoms with Crippen LogP contribution in [0.5, 0.6) is 0 Å². The number of aromatic nitrogens is 1. The molecule has 1 aliphatic heterocycles. The van der Waals surface area contributed by atoms with Crippen LogP contribution in [0.3, 0.4) is 0 Å². The SMILES string of the molecule is CCCN1C(=O)c2cccnc2Sc2cc(C(=O)NC(C)CC)ccc21. The molecule has 0 fully saturated rings. The molecule has 1 unspecified atom stereocenters. The van der Waals surface area contributed by atoms with E-state index in [4.69, 9.17) is 0 Å². The fourth-order valence-corrected chi connectivity index (χ4v) is 3.86. The maximum Gasteiger partial charge on any atom is 0.261 e. The molecule has 6 heteroatoms. The highest BCUT2D eigenvalue weighted by atomic mass is 32.2. The standard InChI is InChI=1S/C20H23N3O2S/c1-4-11-23-16-9-8-14(18(24)22-13(3)5-2)12-17(16)26-19-15(20(23)25)7-6-10-21-19/h6-10,12-13H,4-5,11H2,1-3H3,(H,22,24). The van der Waals surface area contributed by atoms with Crippen LogP contribution in [0.15, 0.2) is 46.5 Å². The van der Waals surface area contributed by atoms with Gasteiger partial charge in [0.05, 0.1) is 11.3 Å². The van der Waals surface area contributed by atoms with E-state index in [0.717, 1.165) is 23.4 Å². The molecule has 1 atom stereocenters. The summed E-state index contributed by atoms with van der Waals surface area (Å²) in [6, 6.07) is 9.22. The second-order valence-corrected chi connectivity index (χ2v) is 7.41. The number of benzene rings is 1. The first-order chi connectivity index (χ1) is 12.5. The van der Waals surface area contributed by atoms with Crippen molar-refractivity contribution < 1.29 is 9.59 Å². The predicted molar refractivity (Wildman–Crippen MR) is 104 cm³/mol. The molecule has 2 heterocycles. The minimum absolute atomic E-state index is 0.0435. The molecule has 0 saturated heterocycles. The van der Waals surface area contributed by atoms with Gasteiger partial charge in [-0.25, -0.2) is 4.98 Å². The Morgan fingerprint density at radius 1 is 1.31 bits per heavy atom. The van der Waals surface area contributed by atoms with Crippen molar-refractivity contribution in [2.75, 3.05) is 11.4 Å². The Bertz CT molecular complexity index is 838. The van der Waals surface area contributed by atoms with Gasteiger partial charge in [0.1, 0.15) is 5.03 Å². The Kier molecular flexibility index (Phi) is 5.61. The third-order valence-electron chi connectivity index (χ3n) is 4.40. The summed E-state index contributed by atoms with van der Waals surface area (Å²) in [4.78, 5) is 32.5. The molecule has 0 saturated carbocycles. The average Bonchev–Trinajstić information content (AvgIpc) is 2.76. The van der Waals surface area contributed by atoms with Crippen molar-refractivity contribution >= 4 is 29.3 Å². The lowest BCUT2D eigenvalue weighted by atomic mass is 10.1. The summed E-state index contributed by atoms with van der Waals surface area (Å²) in [5.41, 5.74) is 2.03. The third-order valence-corrected chi connectivity index (χ3v) is 5.47. The predicted octanol–water partition coefficient (Wildman–Crippen LogP) is 4.13. The molecule has 26 heavy (non-hydrogen) atoms. The highest BCUT2D eigenvalue weighted by molar-refractivity contribution is 7.99. The van der Waals surface area contributed by atoms with Crippen LogP contribution in [0.25, 0.3) is 0 Å². The quantitative estimate of drug-likeness (QED) is 0.861. The van der Waals surface area contributed by atoms with Crippen molar-refractivity contribution in [2.45, 2.75) is 49.6 Å². The summed E-state index contributed by atoms with van der Waals surface area (Å²) in [6.45, 7) is 6.69. The topological polar surface area (TPSA) is 62.3 Å². The molecular weight excluding hydrogens is 346 g/mol. The largest absolute Gasteiger partial charge is 0.350 e. The Balaban J connectivity index is 2.03. The first-order valence-corrected chi connectivity index (χ1v) is 9.76. The fraction of sp³-hybridized carbons (Fsp3) is 0.350. The van der Waals surface area contributed by atoms with Crippen LogP contribution < -0.4 is 10.2 Å². The second kappa shape index (κ2) is 7.91. The van der Waals surface area contributed by atoms with Gasteiger partial charge in [-0.3, -0.25) is 9.59 Å². The zero-order valence-corrected chi connectivity index (χ0v) is 16.1. The minimum atomic E-state index is -0.0957. The first kappa shape index (κ1) is 18.5. The van der Waals surface area contributed by atoms with Gasteiger partial charge in [-0.05, 0) is 50.1 Å². The maximum absolute atomic E-state index is 13.0. The van der Waals surface area contributed by atoms with E-state index in [1.807, 2.05) is 39.0 Å². The fourth-order valence-electron chi connectivity index (χ4n) is 2.81. The van der Waals surface area contributed by atoms with Crippen LogP contribution in [0.1, 0.15) is 54.3 Å². The van der Waals surface area contributed by atoms with Gasteiger partial charge in [-0.2, -0.15) is 0 Å². The smallest absolute Gasteiger partial charge is 0.261 e. The minimum Gasteiger partial charge on any atom is -0.350 e. The number of anilines is 1. The van der Waals surface area contributed by atoms with Gasteiger partial charge in [-0.15, -0.1) is 0 Å². The molecule has 0 radical (unpaired) electrons. The van der Waals surface area contributed by atoms with Crippen molar-refractivity contribution in [3.63, 3.8) is 0 Å². The highest BCUT2D eigenvalue weighted by Gasteiger charge is 2.28. The molecule has 136 valence electrons. The van der Waals surface area contributed by atoms with Crippen molar-refractivity contribution in [2.24, 2.45) is 0 Å². The normalized spacial score (nSPS) is 14.3.